The molecule has 0 aromatic heterocycles. The average Bonchev–Trinajstić information content (AvgIpc) is 2.87. The van der Waals surface area contributed by atoms with Crippen molar-refractivity contribution < 1.29 is 9.53 Å². The van der Waals surface area contributed by atoms with Gasteiger partial charge in [0.25, 0.3) is 5.91 Å². The van der Waals surface area contributed by atoms with Gasteiger partial charge in [-0.3, -0.25) is 9.79 Å². The Bertz CT molecular complexity index is 566. The van der Waals surface area contributed by atoms with Gasteiger partial charge in [0.2, 0.25) is 0 Å². The lowest BCUT2D eigenvalue weighted by molar-refractivity contribution is 0.0775. The first kappa shape index (κ1) is 13.2. The average molecular weight is 272 g/mol. The summed E-state index contributed by atoms with van der Waals surface area (Å²) >= 11 is 0. The monoisotopic (exact) mass is 272 g/mol. The molecule has 20 heavy (non-hydrogen) atoms. The van der Waals surface area contributed by atoms with E-state index >= 15 is 0 Å². The number of hydrogen-bond acceptors (Lipinski definition) is 3. The second kappa shape index (κ2) is 5.27. The van der Waals surface area contributed by atoms with Crippen LogP contribution in [0.1, 0.15) is 42.1 Å². The van der Waals surface area contributed by atoms with Gasteiger partial charge in [0.05, 0.1) is 23.9 Å². The molecular formula is C16H20N2O2. The van der Waals surface area contributed by atoms with Gasteiger partial charge < -0.3 is 9.64 Å². The fourth-order valence-electron chi connectivity index (χ4n) is 2.84. The first-order chi connectivity index (χ1) is 9.70. The number of benzene rings is 1. The van der Waals surface area contributed by atoms with Gasteiger partial charge in [-0.2, -0.15) is 0 Å². The Morgan fingerprint density at radius 1 is 1.45 bits per heavy atom. The van der Waals surface area contributed by atoms with Crippen LogP contribution in [0.15, 0.2) is 17.1 Å². The highest BCUT2D eigenvalue weighted by molar-refractivity contribution is 6.03. The number of rotatable bonds is 3. The molecule has 3 rings (SSSR count). The lowest BCUT2D eigenvalue weighted by Gasteiger charge is -2.20. The van der Waals surface area contributed by atoms with E-state index < -0.39 is 0 Å². The molecule has 0 unspecified atom stereocenters. The van der Waals surface area contributed by atoms with Crippen molar-refractivity contribution in [1.29, 1.82) is 0 Å². The minimum Gasteiger partial charge on any atom is -0.493 e. The first-order valence-electron chi connectivity index (χ1n) is 7.33. The summed E-state index contributed by atoms with van der Waals surface area (Å²) in [5.74, 6) is 0.933. The fourth-order valence-corrected chi connectivity index (χ4v) is 2.84. The summed E-state index contributed by atoms with van der Waals surface area (Å²) in [5.41, 5.74) is 2.44. The number of hydrogen-bond donors (Lipinski definition) is 0. The highest BCUT2D eigenvalue weighted by Crippen LogP contribution is 2.33. The van der Waals surface area contributed by atoms with E-state index in [0.717, 1.165) is 42.8 Å². The minimum absolute atomic E-state index is 0.102. The van der Waals surface area contributed by atoms with Gasteiger partial charge in [-0.05, 0) is 37.8 Å². The quantitative estimate of drug-likeness (QED) is 0.848. The van der Waals surface area contributed by atoms with E-state index in [0.29, 0.717) is 12.2 Å². The van der Waals surface area contributed by atoms with E-state index in [2.05, 4.69) is 11.9 Å². The van der Waals surface area contributed by atoms with Crippen molar-refractivity contribution in [2.45, 2.75) is 39.2 Å². The van der Waals surface area contributed by atoms with Crippen molar-refractivity contribution >= 4 is 17.8 Å². The van der Waals surface area contributed by atoms with Crippen LogP contribution in [-0.2, 0) is 0 Å². The van der Waals surface area contributed by atoms with Crippen molar-refractivity contribution in [3.63, 3.8) is 0 Å². The first-order valence-corrected chi connectivity index (χ1v) is 7.33. The number of fused-ring (bicyclic) bond motifs is 2. The molecule has 0 bridgehead atoms. The summed E-state index contributed by atoms with van der Waals surface area (Å²) in [6.07, 6.45) is 4.96. The molecule has 0 radical (unpaired) electrons. The zero-order valence-corrected chi connectivity index (χ0v) is 12.1. The summed E-state index contributed by atoms with van der Waals surface area (Å²) in [7, 11) is 0. The predicted molar refractivity (Wildman–Crippen MR) is 79.2 cm³/mol. The van der Waals surface area contributed by atoms with Crippen LogP contribution in [0.5, 0.6) is 5.75 Å². The van der Waals surface area contributed by atoms with Crippen LogP contribution in [0, 0.1) is 6.92 Å². The molecule has 0 N–H and O–H groups in total. The predicted octanol–water partition coefficient (Wildman–Crippen LogP) is 3.10. The number of carbonyl (C=O) groups excluding carboxylic acids is 1. The smallest absolute Gasteiger partial charge is 0.256 e. The SMILES string of the molecule is CCCOc1cc2c(cc1C)C(=O)N1CCC[C@H]1C=N2. The summed E-state index contributed by atoms with van der Waals surface area (Å²) in [6.45, 7) is 5.58. The molecule has 2 heterocycles. The molecule has 4 nitrogen and oxygen atoms in total. The summed E-state index contributed by atoms with van der Waals surface area (Å²) < 4.78 is 5.72. The summed E-state index contributed by atoms with van der Waals surface area (Å²) in [4.78, 5) is 19.1. The fraction of sp³-hybridized carbons (Fsp3) is 0.500. The van der Waals surface area contributed by atoms with Crippen molar-refractivity contribution in [2.24, 2.45) is 4.99 Å². The van der Waals surface area contributed by atoms with E-state index in [9.17, 15) is 4.79 Å². The van der Waals surface area contributed by atoms with E-state index in [1.165, 1.54) is 0 Å². The van der Waals surface area contributed by atoms with Gasteiger partial charge in [-0.25, -0.2) is 0 Å². The lowest BCUT2D eigenvalue weighted by atomic mass is 10.1. The normalized spacial score (nSPS) is 20.6. The number of aliphatic imine (C=N–C) groups is 1. The molecule has 0 spiro atoms. The van der Waals surface area contributed by atoms with Crippen LogP contribution in [-0.4, -0.2) is 36.2 Å². The van der Waals surface area contributed by atoms with Gasteiger partial charge in [-0.15, -0.1) is 0 Å². The molecule has 0 saturated carbocycles. The van der Waals surface area contributed by atoms with Gasteiger partial charge in [0.1, 0.15) is 5.75 Å². The van der Waals surface area contributed by atoms with Crippen LogP contribution in [0.2, 0.25) is 0 Å². The maximum Gasteiger partial charge on any atom is 0.256 e. The molecule has 1 amide bonds. The maximum absolute atomic E-state index is 12.6. The molecule has 2 aliphatic heterocycles. The molecule has 1 saturated heterocycles. The molecule has 1 fully saturated rings. The Kier molecular flexibility index (Phi) is 3.47. The molecule has 1 aromatic rings. The van der Waals surface area contributed by atoms with Crippen LogP contribution in [0.4, 0.5) is 5.69 Å². The molecular weight excluding hydrogens is 252 g/mol. The van der Waals surface area contributed by atoms with Gasteiger partial charge >= 0.3 is 0 Å². The summed E-state index contributed by atoms with van der Waals surface area (Å²) in [6, 6.07) is 3.98. The lowest BCUT2D eigenvalue weighted by Crippen LogP contribution is -2.35. The van der Waals surface area contributed by atoms with Gasteiger partial charge in [-0.1, -0.05) is 6.92 Å². The second-order valence-corrected chi connectivity index (χ2v) is 5.47. The molecule has 106 valence electrons. The Hall–Kier alpha value is -1.84. The molecule has 0 aliphatic carbocycles. The Morgan fingerprint density at radius 3 is 3.10 bits per heavy atom. The van der Waals surface area contributed by atoms with Crippen LogP contribution >= 0.6 is 0 Å². The van der Waals surface area contributed by atoms with Crippen molar-refractivity contribution in [2.75, 3.05) is 13.2 Å². The number of aryl methyl sites for hydroxylation is 1. The van der Waals surface area contributed by atoms with E-state index in [-0.39, 0.29) is 11.9 Å². The van der Waals surface area contributed by atoms with E-state index in [4.69, 9.17) is 4.74 Å². The van der Waals surface area contributed by atoms with Crippen molar-refractivity contribution in [3.8, 4) is 5.75 Å². The molecule has 4 heteroatoms. The number of nitrogens with zero attached hydrogens (tertiary/aromatic N) is 2. The van der Waals surface area contributed by atoms with Crippen molar-refractivity contribution in [1.82, 2.24) is 4.90 Å². The van der Waals surface area contributed by atoms with E-state index in [1.54, 1.807) is 0 Å². The minimum atomic E-state index is 0.102. The van der Waals surface area contributed by atoms with E-state index in [1.807, 2.05) is 30.2 Å². The third-order valence-electron chi connectivity index (χ3n) is 3.93. The standard InChI is InChI=1S/C16H20N2O2/c1-3-7-20-15-9-14-13(8-11(15)2)16(19)18-6-4-5-12(18)10-17-14/h8-10,12H,3-7H2,1-2H3/t12-/m0/s1. The molecule has 2 aliphatic rings. The Morgan fingerprint density at radius 2 is 2.30 bits per heavy atom. The highest BCUT2D eigenvalue weighted by atomic mass is 16.5. The molecule has 1 aromatic carbocycles. The van der Waals surface area contributed by atoms with Crippen LogP contribution in [0.3, 0.4) is 0 Å². The third-order valence-corrected chi connectivity index (χ3v) is 3.93. The summed E-state index contributed by atoms with van der Waals surface area (Å²) in [5, 5.41) is 0. The maximum atomic E-state index is 12.6. The number of amides is 1. The zero-order valence-electron chi connectivity index (χ0n) is 12.1. The molecule has 1 atom stereocenters. The second-order valence-electron chi connectivity index (χ2n) is 5.47. The Balaban J connectivity index is 1.99. The van der Waals surface area contributed by atoms with Crippen LogP contribution < -0.4 is 4.74 Å². The van der Waals surface area contributed by atoms with Crippen LogP contribution in [0.25, 0.3) is 0 Å². The number of ether oxygens (including phenoxy) is 1. The zero-order chi connectivity index (χ0) is 14.1. The van der Waals surface area contributed by atoms with Gasteiger partial charge in [0, 0.05) is 18.8 Å². The Labute approximate surface area is 119 Å². The highest BCUT2D eigenvalue weighted by Gasteiger charge is 2.31. The largest absolute Gasteiger partial charge is 0.493 e. The number of carbonyl (C=O) groups is 1. The van der Waals surface area contributed by atoms with Gasteiger partial charge in [0.15, 0.2) is 0 Å². The third kappa shape index (κ3) is 2.19. The van der Waals surface area contributed by atoms with Crippen molar-refractivity contribution in [3.05, 3.63) is 23.3 Å². The topological polar surface area (TPSA) is 41.9 Å².